The number of nitrogens with zero attached hydrogens (tertiary/aromatic N) is 1. The van der Waals surface area contributed by atoms with Gasteiger partial charge in [0, 0.05) is 27.3 Å². The topological polar surface area (TPSA) is 4.93 Å². The smallest absolute Gasteiger partial charge is 0.0626 e. The molecule has 9 aromatic rings. The van der Waals surface area contributed by atoms with E-state index in [4.69, 9.17) is 0 Å². The van der Waals surface area contributed by atoms with Crippen LogP contribution in [0.25, 0.3) is 93.2 Å². The molecule has 2 aliphatic carbocycles. The Kier molecular flexibility index (Phi) is 4.46. The van der Waals surface area contributed by atoms with Crippen LogP contribution in [0.2, 0.25) is 0 Å². The molecule has 0 saturated carbocycles. The van der Waals surface area contributed by atoms with E-state index in [9.17, 15) is 0 Å². The molecule has 1 aromatic heterocycles. The minimum atomic E-state index is -0.0793. The third kappa shape index (κ3) is 2.83. The lowest BCUT2D eigenvalue weighted by molar-refractivity contribution is 0.660. The third-order valence-corrected chi connectivity index (χ3v) is 11.1. The fourth-order valence-corrected chi connectivity index (χ4v) is 9.13. The maximum Gasteiger partial charge on any atom is 0.0626 e. The number of aromatic nitrogens is 1. The van der Waals surface area contributed by atoms with E-state index in [1.165, 1.54) is 104 Å². The van der Waals surface area contributed by atoms with Crippen LogP contribution in [0, 0.1) is 0 Å². The maximum absolute atomic E-state index is 2.59. The van der Waals surface area contributed by atoms with Crippen LogP contribution in [-0.4, -0.2) is 4.57 Å². The molecule has 0 amide bonds. The summed E-state index contributed by atoms with van der Waals surface area (Å²) < 4.78 is 2.59. The van der Waals surface area contributed by atoms with Crippen LogP contribution >= 0.6 is 0 Å². The molecule has 214 valence electrons. The summed E-state index contributed by atoms with van der Waals surface area (Å²) >= 11 is 0. The standard InChI is InChI=1S/C45H29N/c1-45(2)38-21-10-9-16-31(38)32-23-22-26(24-39(32)45)46-40-25-37-30-15-4-3-13-28(30)33-19-11-20-36(41(33)37)42(40)43-34-17-7-5-12-27(34)29-14-6-8-18-35(29)44(43)46/h3-25H,1-2H3. The van der Waals surface area contributed by atoms with Crippen LogP contribution in [0.5, 0.6) is 0 Å². The maximum atomic E-state index is 2.59. The van der Waals surface area contributed by atoms with Crippen molar-refractivity contribution in [2.75, 3.05) is 0 Å². The van der Waals surface area contributed by atoms with Gasteiger partial charge in [0.15, 0.2) is 0 Å². The fourth-order valence-electron chi connectivity index (χ4n) is 9.13. The zero-order chi connectivity index (χ0) is 30.3. The normalized spacial score (nSPS) is 14.0. The number of fused-ring (bicyclic) bond motifs is 15. The summed E-state index contributed by atoms with van der Waals surface area (Å²) in [5.41, 5.74) is 14.5. The summed E-state index contributed by atoms with van der Waals surface area (Å²) in [6.45, 7) is 4.76. The van der Waals surface area contributed by atoms with Crippen molar-refractivity contribution in [3.8, 4) is 39.1 Å². The fraction of sp³-hybridized carbons (Fsp3) is 0.0667. The summed E-state index contributed by atoms with van der Waals surface area (Å²) in [5.74, 6) is 0. The average molecular weight is 584 g/mol. The third-order valence-electron chi connectivity index (χ3n) is 11.1. The zero-order valence-electron chi connectivity index (χ0n) is 25.7. The van der Waals surface area contributed by atoms with Crippen molar-refractivity contribution < 1.29 is 0 Å². The van der Waals surface area contributed by atoms with Crippen LogP contribution in [0.3, 0.4) is 0 Å². The van der Waals surface area contributed by atoms with Crippen LogP contribution in [-0.2, 0) is 5.41 Å². The van der Waals surface area contributed by atoms with Crippen LogP contribution in [0.4, 0.5) is 0 Å². The van der Waals surface area contributed by atoms with Crippen LogP contribution in [0.1, 0.15) is 25.0 Å². The first-order valence-corrected chi connectivity index (χ1v) is 16.3. The molecule has 1 nitrogen and oxygen atoms in total. The molecule has 1 heteroatoms. The van der Waals surface area contributed by atoms with Crippen molar-refractivity contribution in [3.63, 3.8) is 0 Å². The molecule has 0 spiro atoms. The monoisotopic (exact) mass is 583 g/mol. The van der Waals surface area contributed by atoms with Crippen molar-refractivity contribution in [2.24, 2.45) is 0 Å². The van der Waals surface area contributed by atoms with E-state index in [0.29, 0.717) is 0 Å². The molecule has 46 heavy (non-hydrogen) atoms. The molecule has 0 atom stereocenters. The van der Waals surface area contributed by atoms with E-state index < -0.39 is 0 Å². The highest BCUT2D eigenvalue weighted by Crippen LogP contribution is 2.54. The van der Waals surface area contributed by atoms with Gasteiger partial charge in [-0.25, -0.2) is 0 Å². The lowest BCUT2D eigenvalue weighted by Gasteiger charge is -2.22. The largest absolute Gasteiger partial charge is 0.309 e. The van der Waals surface area contributed by atoms with Gasteiger partial charge in [-0.15, -0.1) is 0 Å². The molecule has 0 bridgehead atoms. The van der Waals surface area contributed by atoms with Crippen LogP contribution in [0.15, 0.2) is 140 Å². The first-order valence-electron chi connectivity index (χ1n) is 16.3. The second-order valence-electron chi connectivity index (χ2n) is 13.6. The quantitative estimate of drug-likeness (QED) is 0.169. The van der Waals surface area contributed by atoms with Crippen molar-refractivity contribution in [1.82, 2.24) is 4.57 Å². The van der Waals surface area contributed by atoms with Gasteiger partial charge in [-0.2, -0.15) is 0 Å². The Morgan fingerprint density at radius 3 is 1.78 bits per heavy atom. The lowest BCUT2D eigenvalue weighted by Crippen LogP contribution is -2.15. The Morgan fingerprint density at radius 1 is 0.391 bits per heavy atom. The summed E-state index contributed by atoms with van der Waals surface area (Å²) in [5, 5.41) is 10.6. The Morgan fingerprint density at radius 2 is 0.978 bits per heavy atom. The number of hydrogen-bond donors (Lipinski definition) is 0. The summed E-state index contributed by atoms with van der Waals surface area (Å²) in [4.78, 5) is 0. The molecule has 0 saturated heterocycles. The molecule has 0 fully saturated rings. The van der Waals surface area contributed by atoms with Gasteiger partial charge in [0.25, 0.3) is 0 Å². The average Bonchev–Trinajstić information content (AvgIpc) is 3.70. The van der Waals surface area contributed by atoms with Gasteiger partial charge in [-0.3, -0.25) is 0 Å². The van der Waals surface area contributed by atoms with Gasteiger partial charge in [-0.1, -0.05) is 135 Å². The Hall–Kier alpha value is -5.66. The molecule has 0 aliphatic heterocycles. The van der Waals surface area contributed by atoms with Gasteiger partial charge in [0.05, 0.1) is 11.0 Å². The number of benzene rings is 8. The molecular weight excluding hydrogens is 555 g/mol. The van der Waals surface area contributed by atoms with Crippen molar-refractivity contribution in [1.29, 1.82) is 0 Å². The van der Waals surface area contributed by atoms with E-state index in [1.807, 2.05) is 0 Å². The Labute approximate surface area is 267 Å². The zero-order valence-corrected chi connectivity index (χ0v) is 25.7. The van der Waals surface area contributed by atoms with E-state index in [1.54, 1.807) is 0 Å². The van der Waals surface area contributed by atoms with E-state index in [2.05, 4.69) is 158 Å². The van der Waals surface area contributed by atoms with Gasteiger partial charge < -0.3 is 4.57 Å². The molecule has 0 unspecified atom stereocenters. The summed E-state index contributed by atoms with van der Waals surface area (Å²) in [6.07, 6.45) is 0. The van der Waals surface area contributed by atoms with E-state index in [-0.39, 0.29) is 5.41 Å². The van der Waals surface area contributed by atoms with Crippen molar-refractivity contribution in [2.45, 2.75) is 19.3 Å². The highest BCUT2D eigenvalue weighted by Gasteiger charge is 2.36. The molecular formula is C45H29N. The minimum Gasteiger partial charge on any atom is -0.309 e. The Balaban J connectivity index is 1.38. The van der Waals surface area contributed by atoms with Crippen LogP contribution < -0.4 is 0 Å². The SMILES string of the molecule is CC1(C)c2ccccc2-c2ccc(-n3c4cc5c6c(cccc6c4c4c6ccccc6c6ccccc6c43)-c3ccccc3-5)cc21. The first-order chi connectivity index (χ1) is 22.6. The van der Waals surface area contributed by atoms with Gasteiger partial charge in [-0.05, 0) is 89.6 Å². The van der Waals surface area contributed by atoms with Crippen molar-refractivity contribution >= 4 is 54.1 Å². The van der Waals surface area contributed by atoms with Crippen molar-refractivity contribution in [3.05, 3.63) is 151 Å². The summed E-state index contributed by atoms with van der Waals surface area (Å²) in [6, 6.07) is 52.5. The lowest BCUT2D eigenvalue weighted by atomic mass is 9.82. The molecule has 0 radical (unpaired) electrons. The highest BCUT2D eigenvalue weighted by molar-refractivity contribution is 6.38. The van der Waals surface area contributed by atoms with E-state index in [0.717, 1.165) is 0 Å². The summed E-state index contributed by atoms with van der Waals surface area (Å²) in [7, 11) is 0. The molecule has 11 rings (SSSR count). The van der Waals surface area contributed by atoms with Gasteiger partial charge >= 0.3 is 0 Å². The predicted octanol–water partition coefficient (Wildman–Crippen LogP) is 12.2. The minimum absolute atomic E-state index is 0.0793. The molecule has 1 heterocycles. The Bertz CT molecular complexity index is 2830. The second kappa shape index (κ2) is 8.33. The highest BCUT2D eigenvalue weighted by atomic mass is 15.0. The number of rotatable bonds is 1. The van der Waals surface area contributed by atoms with Gasteiger partial charge in [0.2, 0.25) is 0 Å². The second-order valence-corrected chi connectivity index (χ2v) is 13.6. The van der Waals surface area contributed by atoms with E-state index >= 15 is 0 Å². The van der Waals surface area contributed by atoms with Gasteiger partial charge in [0.1, 0.15) is 0 Å². The molecule has 0 N–H and O–H groups in total. The molecule has 2 aliphatic rings. The first kappa shape index (κ1) is 24.6. The predicted molar refractivity (Wildman–Crippen MR) is 195 cm³/mol. The number of hydrogen-bond acceptors (Lipinski definition) is 0. The molecule has 8 aromatic carbocycles.